The number of hydrogen-bond acceptors (Lipinski definition) is 4. The molecule has 2 aromatic rings. The van der Waals surface area contributed by atoms with Gasteiger partial charge in [-0.25, -0.2) is 0 Å². The summed E-state index contributed by atoms with van der Waals surface area (Å²) in [5.74, 6) is -0.556. The number of tetrazole rings is 1. The lowest BCUT2D eigenvalue weighted by Gasteiger charge is -2.12. The summed E-state index contributed by atoms with van der Waals surface area (Å²) in [4.78, 5) is 12.6. The molecule has 1 aromatic heterocycles. The summed E-state index contributed by atoms with van der Waals surface area (Å²) in [6.07, 6.45) is -4.46. The zero-order chi connectivity index (χ0) is 16.3. The number of benzene rings is 1. The number of aromatic nitrogens is 4. The number of carbonyl (C=O) groups is 1. The number of hydrogen-bond donors (Lipinski definition) is 1. The summed E-state index contributed by atoms with van der Waals surface area (Å²) in [6, 6.07) is 6.07. The maximum Gasteiger partial charge on any atom is 0.405 e. The van der Waals surface area contributed by atoms with Crippen molar-refractivity contribution in [1.29, 1.82) is 0 Å². The number of alkyl halides is 3. The predicted octanol–water partition coefficient (Wildman–Crippen LogP) is 2.34. The fraction of sp³-hybridized carbons (Fsp3) is 0.333. The minimum atomic E-state index is -4.46. The van der Waals surface area contributed by atoms with E-state index in [1.54, 1.807) is 29.6 Å². The van der Waals surface area contributed by atoms with E-state index < -0.39 is 24.7 Å². The van der Waals surface area contributed by atoms with Crippen LogP contribution in [0.15, 0.2) is 28.7 Å². The van der Waals surface area contributed by atoms with E-state index in [-0.39, 0.29) is 5.82 Å². The predicted molar refractivity (Wildman–Crippen MR) is 74.7 cm³/mol. The van der Waals surface area contributed by atoms with E-state index in [2.05, 4.69) is 31.3 Å². The molecule has 1 aromatic carbocycles. The molecule has 1 heterocycles. The van der Waals surface area contributed by atoms with Gasteiger partial charge in [0.25, 0.3) is 0 Å². The third kappa shape index (κ3) is 4.26. The molecular formula is C12H11BrF3N5O. The molecule has 6 nitrogen and oxygen atoms in total. The standard InChI is InChI=1S/C12H11BrF3N5O/c1-7(11(22)17-6-12(14,15)16)21-19-10(18-20-21)8-2-4-9(13)5-3-8/h2-5,7H,6H2,1H3,(H,17,22). The molecule has 0 fully saturated rings. The van der Waals surface area contributed by atoms with Gasteiger partial charge in [0, 0.05) is 10.0 Å². The summed E-state index contributed by atoms with van der Waals surface area (Å²) < 4.78 is 37.1. The Morgan fingerprint density at radius 1 is 1.36 bits per heavy atom. The first kappa shape index (κ1) is 16.4. The summed E-state index contributed by atoms with van der Waals surface area (Å²) >= 11 is 3.29. The number of rotatable bonds is 4. The van der Waals surface area contributed by atoms with Gasteiger partial charge < -0.3 is 5.32 Å². The Balaban J connectivity index is 2.07. The summed E-state index contributed by atoms with van der Waals surface area (Å²) in [5, 5.41) is 13.3. The average Bonchev–Trinajstić information content (AvgIpc) is 2.93. The summed E-state index contributed by atoms with van der Waals surface area (Å²) in [7, 11) is 0. The lowest BCUT2D eigenvalue weighted by Crippen LogP contribution is -2.38. The van der Waals surface area contributed by atoms with Crippen molar-refractivity contribution in [3.05, 3.63) is 28.7 Å². The lowest BCUT2D eigenvalue weighted by atomic mass is 10.2. The monoisotopic (exact) mass is 377 g/mol. The molecular weight excluding hydrogens is 367 g/mol. The fourth-order valence-corrected chi connectivity index (χ4v) is 1.81. The zero-order valence-electron chi connectivity index (χ0n) is 11.3. The third-order valence-electron chi connectivity index (χ3n) is 2.72. The second kappa shape index (κ2) is 6.42. The molecule has 0 aliphatic heterocycles. The van der Waals surface area contributed by atoms with Gasteiger partial charge in [-0.3, -0.25) is 4.79 Å². The molecule has 1 N–H and O–H groups in total. The molecule has 0 saturated carbocycles. The van der Waals surface area contributed by atoms with Crippen LogP contribution in [0.5, 0.6) is 0 Å². The first-order valence-electron chi connectivity index (χ1n) is 6.16. The van der Waals surface area contributed by atoms with Crippen LogP contribution in [0.25, 0.3) is 11.4 Å². The maximum atomic E-state index is 12.1. The molecule has 0 aliphatic rings. The Morgan fingerprint density at radius 3 is 2.59 bits per heavy atom. The van der Waals surface area contributed by atoms with Gasteiger partial charge in [0.05, 0.1) is 0 Å². The second-order valence-corrected chi connectivity index (χ2v) is 5.36. The highest BCUT2D eigenvalue weighted by atomic mass is 79.9. The maximum absolute atomic E-state index is 12.1. The summed E-state index contributed by atoms with van der Waals surface area (Å²) in [5.41, 5.74) is 0.678. The minimum Gasteiger partial charge on any atom is -0.345 e. The molecule has 0 radical (unpaired) electrons. The zero-order valence-corrected chi connectivity index (χ0v) is 12.9. The van der Waals surface area contributed by atoms with Crippen molar-refractivity contribution in [2.24, 2.45) is 0 Å². The van der Waals surface area contributed by atoms with Crippen molar-refractivity contribution < 1.29 is 18.0 Å². The van der Waals surface area contributed by atoms with Crippen LogP contribution in [-0.4, -0.2) is 38.8 Å². The Morgan fingerprint density at radius 2 is 2.00 bits per heavy atom. The van der Waals surface area contributed by atoms with Crippen LogP contribution in [0.3, 0.4) is 0 Å². The van der Waals surface area contributed by atoms with Crippen molar-refractivity contribution in [2.45, 2.75) is 19.1 Å². The number of nitrogens with one attached hydrogen (secondary N) is 1. The van der Waals surface area contributed by atoms with Crippen LogP contribution in [0.1, 0.15) is 13.0 Å². The number of halogens is 4. The van der Waals surface area contributed by atoms with E-state index in [1.807, 2.05) is 0 Å². The van der Waals surface area contributed by atoms with Crippen molar-refractivity contribution in [2.75, 3.05) is 6.54 Å². The Labute approximate surface area is 131 Å². The molecule has 0 spiro atoms. The number of nitrogens with zero attached hydrogens (tertiary/aromatic N) is 4. The van der Waals surface area contributed by atoms with Gasteiger partial charge in [0.15, 0.2) is 0 Å². The van der Waals surface area contributed by atoms with Crippen molar-refractivity contribution in [1.82, 2.24) is 25.5 Å². The highest BCUT2D eigenvalue weighted by Gasteiger charge is 2.29. The normalized spacial score (nSPS) is 13.0. The highest BCUT2D eigenvalue weighted by molar-refractivity contribution is 9.10. The largest absolute Gasteiger partial charge is 0.405 e. The molecule has 2 rings (SSSR count). The molecule has 1 unspecified atom stereocenters. The first-order valence-corrected chi connectivity index (χ1v) is 6.95. The topological polar surface area (TPSA) is 72.7 Å². The molecule has 22 heavy (non-hydrogen) atoms. The van der Waals surface area contributed by atoms with Crippen molar-refractivity contribution in [3.8, 4) is 11.4 Å². The summed E-state index contributed by atoms with van der Waals surface area (Å²) in [6.45, 7) is -0.0107. The van der Waals surface area contributed by atoms with Crippen LogP contribution < -0.4 is 5.32 Å². The van der Waals surface area contributed by atoms with E-state index in [4.69, 9.17) is 0 Å². The van der Waals surface area contributed by atoms with Crippen LogP contribution >= 0.6 is 15.9 Å². The smallest absolute Gasteiger partial charge is 0.345 e. The van der Waals surface area contributed by atoms with Crippen molar-refractivity contribution in [3.63, 3.8) is 0 Å². The van der Waals surface area contributed by atoms with Crippen LogP contribution in [0.4, 0.5) is 13.2 Å². The van der Waals surface area contributed by atoms with E-state index in [0.29, 0.717) is 5.56 Å². The van der Waals surface area contributed by atoms with E-state index in [9.17, 15) is 18.0 Å². The van der Waals surface area contributed by atoms with E-state index in [1.165, 1.54) is 6.92 Å². The minimum absolute atomic E-state index is 0.281. The molecule has 1 amide bonds. The molecule has 10 heteroatoms. The lowest BCUT2D eigenvalue weighted by molar-refractivity contribution is -0.140. The van der Waals surface area contributed by atoms with E-state index in [0.717, 1.165) is 9.27 Å². The fourth-order valence-electron chi connectivity index (χ4n) is 1.54. The molecule has 0 bridgehead atoms. The van der Waals surface area contributed by atoms with Gasteiger partial charge >= 0.3 is 6.18 Å². The Kier molecular flexibility index (Phi) is 4.79. The number of carbonyl (C=O) groups excluding carboxylic acids is 1. The van der Waals surface area contributed by atoms with Gasteiger partial charge in [-0.15, -0.1) is 10.2 Å². The third-order valence-corrected chi connectivity index (χ3v) is 3.25. The van der Waals surface area contributed by atoms with Crippen LogP contribution in [-0.2, 0) is 4.79 Å². The van der Waals surface area contributed by atoms with E-state index >= 15 is 0 Å². The van der Waals surface area contributed by atoms with Gasteiger partial charge in [0.2, 0.25) is 11.7 Å². The molecule has 118 valence electrons. The van der Waals surface area contributed by atoms with Gasteiger partial charge in [0.1, 0.15) is 12.6 Å². The molecule has 0 saturated heterocycles. The molecule has 0 aliphatic carbocycles. The quantitative estimate of drug-likeness (QED) is 0.887. The first-order chi connectivity index (χ1) is 10.3. The van der Waals surface area contributed by atoms with Gasteiger partial charge in [-0.05, 0) is 36.4 Å². The SMILES string of the molecule is CC(C(=O)NCC(F)(F)F)n1nnc(-c2ccc(Br)cc2)n1. The number of amides is 1. The Hall–Kier alpha value is -1.97. The highest BCUT2D eigenvalue weighted by Crippen LogP contribution is 2.18. The second-order valence-electron chi connectivity index (χ2n) is 4.45. The van der Waals surface area contributed by atoms with Gasteiger partial charge in [-0.1, -0.05) is 15.9 Å². The Bertz CT molecular complexity index is 656. The van der Waals surface area contributed by atoms with Crippen molar-refractivity contribution >= 4 is 21.8 Å². The van der Waals surface area contributed by atoms with Gasteiger partial charge in [-0.2, -0.15) is 18.0 Å². The van der Waals surface area contributed by atoms with Crippen LogP contribution in [0, 0.1) is 0 Å². The van der Waals surface area contributed by atoms with Crippen LogP contribution in [0.2, 0.25) is 0 Å². The molecule has 1 atom stereocenters. The average molecular weight is 378 g/mol.